The summed E-state index contributed by atoms with van der Waals surface area (Å²) in [5.74, 6) is -0.365. The smallest absolute Gasteiger partial charge is 0.338 e. The average Bonchev–Trinajstić information content (AvgIpc) is 2.58. The molecular weight excluding hydrogens is 381 g/mol. The van der Waals surface area contributed by atoms with Gasteiger partial charge in [0.25, 0.3) is 0 Å². The van der Waals surface area contributed by atoms with Crippen molar-refractivity contribution in [2.45, 2.75) is 6.92 Å². The maximum absolute atomic E-state index is 11.6. The van der Waals surface area contributed by atoms with Crippen LogP contribution in [0.25, 0.3) is 0 Å². The molecule has 2 aromatic carbocycles. The van der Waals surface area contributed by atoms with Crippen LogP contribution in [-0.4, -0.2) is 23.9 Å². The molecule has 25 heavy (non-hydrogen) atoms. The lowest BCUT2D eigenvalue weighted by Gasteiger charge is -2.08. The zero-order chi connectivity index (χ0) is 18.2. The number of nitrogens with zero attached hydrogens (tertiary/aromatic N) is 1. The van der Waals surface area contributed by atoms with Gasteiger partial charge >= 0.3 is 5.97 Å². The predicted molar refractivity (Wildman–Crippen MR) is 106 cm³/mol. The van der Waals surface area contributed by atoms with Gasteiger partial charge in [-0.15, -0.1) is 0 Å². The number of halogens is 2. The zero-order valence-electron chi connectivity index (χ0n) is 13.3. The second-order valence-electron chi connectivity index (χ2n) is 4.76. The molecular formula is C17H15Cl2N3O2S. The Kier molecular flexibility index (Phi) is 7.18. The van der Waals surface area contributed by atoms with Crippen molar-refractivity contribution in [3.8, 4) is 0 Å². The molecule has 0 bridgehead atoms. The van der Waals surface area contributed by atoms with Gasteiger partial charge in [0.1, 0.15) is 0 Å². The van der Waals surface area contributed by atoms with E-state index in [1.54, 1.807) is 49.4 Å². The molecule has 0 spiro atoms. The van der Waals surface area contributed by atoms with Crippen LogP contribution in [0.1, 0.15) is 22.8 Å². The molecule has 0 radical (unpaired) electrons. The predicted octanol–water partition coefficient (Wildman–Crippen LogP) is 4.49. The molecule has 0 aliphatic rings. The van der Waals surface area contributed by atoms with E-state index in [0.29, 0.717) is 33.5 Å². The Labute approximate surface area is 161 Å². The van der Waals surface area contributed by atoms with E-state index in [1.807, 2.05) is 0 Å². The van der Waals surface area contributed by atoms with Gasteiger partial charge in [0.15, 0.2) is 5.11 Å². The zero-order valence-corrected chi connectivity index (χ0v) is 15.6. The van der Waals surface area contributed by atoms with Gasteiger partial charge in [0.05, 0.1) is 28.4 Å². The molecule has 0 aromatic heterocycles. The van der Waals surface area contributed by atoms with Crippen LogP contribution in [0.5, 0.6) is 0 Å². The number of carbonyl (C=O) groups is 1. The fourth-order valence-electron chi connectivity index (χ4n) is 1.85. The van der Waals surface area contributed by atoms with Gasteiger partial charge in [-0.1, -0.05) is 29.3 Å². The maximum Gasteiger partial charge on any atom is 0.338 e. The van der Waals surface area contributed by atoms with E-state index < -0.39 is 0 Å². The van der Waals surface area contributed by atoms with Gasteiger partial charge in [-0.25, -0.2) is 4.79 Å². The number of anilines is 1. The van der Waals surface area contributed by atoms with Crippen molar-refractivity contribution < 1.29 is 9.53 Å². The third-order valence-electron chi connectivity index (χ3n) is 3.01. The lowest BCUT2D eigenvalue weighted by atomic mass is 10.2. The van der Waals surface area contributed by atoms with Gasteiger partial charge in [0, 0.05) is 11.3 Å². The second kappa shape index (κ2) is 9.36. The van der Waals surface area contributed by atoms with Crippen LogP contribution in [0.2, 0.25) is 10.0 Å². The van der Waals surface area contributed by atoms with Gasteiger partial charge in [-0.3, -0.25) is 5.43 Å². The topological polar surface area (TPSA) is 62.7 Å². The molecule has 2 N–H and O–H groups in total. The molecule has 0 saturated carbocycles. The SMILES string of the molecule is CCOC(=O)c1ccc(NC(=S)N/N=C/c2c(Cl)cccc2Cl)cc1. The van der Waals surface area contributed by atoms with Crippen molar-refractivity contribution >= 4 is 58.4 Å². The number of nitrogens with one attached hydrogen (secondary N) is 2. The Hall–Kier alpha value is -2.15. The number of hydrogen-bond donors (Lipinski definition) is 2. The maximum atomic E-state index is 11.6. The van der Waals surface area contributed by atoms with Crippen LogP contribution in [-0.2, 0) is 4.74 Å². The summed E-state index contributed by atoms with van der Waals surface area (Å²) >= 11 is 17.2. The average molecular weight is 396 g/mol. The normalized spacial score (nSPS) is 10.5. The van der Waals surface area contributed by atoms with Gasteiger partial charge in [-0.05, 0) is 55.5 Å². The highest BCUT2D eigenvalue weighted by atomic mass is 35.5. The second-order valence-corrected chi connectivity index (χ2v) is 5.98. The van der Waals surface area contributed by atoms with Crippen LogP contribution in [0, 0.1) is 0 Å². The quantitative estimate of drug-likeness (QED) is 0.338. The van der Waals surface area contributed by atoms with E-state index in [1.165, 1.54) is 6.21 Å². The molecule has 130 valence electrons. The standard InChI is InChI=1S/C17H15Cl2N3O2S/c1-2-24-16(23)11-6-8-12(9-7-11)21-17(25)22-20-10-13-14(18)4-3-5-15(13)19/h3-10H,2H2,1H3,(H2,21,22,25)/b20-10+. The number of hydrazone groups is 1. The number of rotatable bonds is 5. The largest absolute Gasteiger partial charge is 0.462 e. The van der Waals surface area contributed by atoms with Gasteiger partial charge in [0.2, 0.25) is 0 Å². The number of hydrogen-bond acceptors (Lipinski definition) is 4. The summed E-state index contributed by atoms with van der Waals surface area (Å²) in [6.07, 6.45) is 1.49. The van der Waals surface area contributed by atoms with Gasteiger partial charge < -0.3 is 10.1 Å². The van der Waals surface area contributed by atoms with E-state index in [-0.39, 0.29) is 11.1 Å². The Morgan fingerprint density at radius 3 is 2.44 bits per heavy atom. The minimum atomic E-state index is -0.365. The van der Waals surface area contributed by atoms with Crippen molar-refractivity contribution in [3.63, 3.8) is 0 Å². The first kappa shape index (κ1) is 19.2. The summed E-state index contributed by atoms with van der Waals surface area (Å²) in [5.41, 5.74) is 4.44. The molecule has 2 rings (SSSR count). The van der Waals surface area contributed by atoms with Crippen LogP contribution < -0.4 is 10.7 Å². The summed E-state index contributed by atoms with van der Waals surface area (Å²) in [7, 11) is 0. The van der Waals surface area contributed by atoms with E-state index in [4.69, 9.17) is 40.2 Å². The fraction of sp³-hybridized carbons (Fsp3) is 0.118. The molecule has 0 fully saturated rings. The third-order valence-corrected chi connectivity index (χ3v) is 3.87. The van der Waals surface area contributed by atoms with E-state index in [0.717, 1.165) is 0 Å². The van der Waals surface area contributed by atoms with Crippen molar-refractivity contribution in [2.75, 3.05) is 11.9 Å². The van der Waals surface area contributed by atoms with E-state index in [9.17, 15) is 4.79 Å². The molecule has 8 heteroatoms. The Balaban J connectivity index is 1.92. The van der Waals surface area contributed by atoms with Crippen LogP contribution in [0.15, 0.2) is 47.6 Å². The van der Waals surface area contributed by atoms with Crippen molar-refractivity contribution in [3.05, 3.63) is 63.6 Å². The van der Waals surface area contributed by atoms with Gasteiger partial charge in [-0.2, -0.15) is 5.10 Å². The summed E-state index contributed by atoms with van der Waals surface area (Å²) in [6.45, 7) is 2.09. The molecule has 5 nitrogen and oxygen atoms in total. The summed E-state index contributed by atoms with van der Waals surface area (Å²) < 4.78 is 4.93. The monoisotopic (exact) mass is 395 g/mol. The number of esters is 1. The highest BCUT2D eigenvalue weighted by molar-refractivity contribution is 7.80. The molecule has 0 aliphatic carbocycles. The first-order chi connectivity index (χ1) is 12.0. The van der Waals surface area contributed by atoms with Crippen molar-refractivity contribution in [2.24, 2.45) is 5.10 Å². The lowest BCUT2D eigenvalue weighted by molar-refractivity contribution is 0.0526. The lowest BCUT2D eigenvalue weighted by Crippen LogP contribution is -2.23. The van der Waals surface area contributed by atoms with E-state index in [2.05, 4.69) is 15.8 Å². The summed E-state index contributed by atoms with van der Waals surface area (Å²) in [6, 6.07) is 11.9. The molecule has 0 atom stereocenters. The minimum absolute atomic E-state index is 0.281. The van der Waals surface area contributed by atoms with Crippen LogP contribution >= 0.6 is 35.4 Å². The first-order valence-electron chi connectivity index (χ1n) is 7.32. The third kappa shape index (κ3) is 5.70. The summed E-state index contributed by atoms with van der Waals surface area (Å²) in [4.78, 5) is 11.6. The number of benzene rings is 2. The number of ether oxygens (including phenoxy) is 1. The number of carbonyl (C=O) groups excluding carboxylic acids is 1. The van der Waals surface area contributed by atoms with Crippen LogP contribution in [0.3, 0.4) is 0 Å². The fourth-order valence-corrected chi connectivity index (χ4v) is 2.52. The van der Waals surface area contributed by atoms with Crippen LogP contribution in [0.4, 0.5) is 5.69 Å². The molecule has 0 heterocycles. The highest BCUT2D eigenvalue weighted by Crippen LogP contribution is 2.22. The summed E-state index contributed by atoms with van der Waals surface area (Å²) in [5, 5.41) is 8.22. The molecule has 0 saturated heterocycles. The first-order valence-corrected chi connectivity index (χ1v) is 8.49. The molecule has 2 aromatic rings. The highest BCUT2D eigenvalue weighted by Gasteiger charge is 2.06. The van der Waals surface area contributed by atoms with Crippen molar-refractivity contribution in [1.82, 2.24) is 5.43 Å². The molecule has 0 amide bonds. The molecule has 0 aliphatic heterocycles. The number of thiocarbonyl (C=S) groups is 1. The Bertz CT molecular complexity index is 775. The minimum Gasteiger partial charge on any atom is -0.462 e. The molecule has 0 unspecified atom stereocenters. The Morgan fingerprint density at radius 2 is 1.84 bits per heavy atom. The van der Waals surface area contributed by atoms with Crippen molar-refractivity contribution in [1.29, 1.82) is 0 Å². The Morgan fingerprint density at radius 1 is 1.20 bits per heavy atom. The van der Waals surface area contributed by atoms with E-state index >= 15 is 0 Å².